The number of anilines is 2. The molecular formula is C25H31N7O5. The first-order valence-electron chi connectivity index (χ1n) is 12.4. The van der Waals surface area contributed by atoms with Crippen molar-refractivity contribution in [2.45, 2.75) is 18.4 Å². The number of fused-ring (bicyclic) bond motifs is 8. The summed E-state index contributed by atoms with van der Waals surface area (Å²) in [7, 11) is 3.40. The highest BCUT2D eigenvalue weighted by Gasteiger charge is 2.37. The molecule has 37 heavy (non-hydrogen) atoms. The fraction of sp³-hybridized carbons (Fsp3) is 0.480. The lowest BCUT2D eigenvalue weighted by Gasteiger charge is -2.38. The van der Waals surface area contributed by atoms with E-state index in [1.807, 2.05) is 11.9 Å². The number of hydrogen-bond acceptors (Lipinski definition) is 10. The maximum absolute atomic E-state index is 13.2. The Labute approximate surface area is 214 Å². The molecule has 4 bridgehead atoms. The molecule has 2 aromatic rings. The number of ether oxygens (including phenoxy) is 2. The summed E-state index contributed by atoms with van der Waals surface area (Å²) < 4.78 is 11.4. The summed E-state index contributed by atoms with van der Waals surface area (Å²) in [6, 6.07) is 4.70. The van der Waals surface area contributed by atoms with E-state index in [4.69, 9.17) is 9.47 Å². The molecule has 12 heteroatoms. The van der Waals surface area contributed by atoms with Gasteiger partial charge in [-0.25, -0.2) is 9.97 Å². The molecule has 2 atom stereocenters. The van der Waals surface area contributed by atoms with E-state index in [-0.39, 0.29) is 18.4 Å². The van der Waals surface area contributed by atoms with Crippen molar-refractivity contribution in [1.82, 2.24) is 19.8 Å². The molecule has 12 nitrogen and oxygen atoms in total. The minimum atomic E-state index is -0.660. The Morgan fingerprint density at radius 2 is 1.92 bits per heavy atom. The van der Waals surface area contributed by atoms with Crippen LogP contribution in [-0.4, -0.2) is 109 Å². The van der Waals surface area contributed by atoms with E-state index in [2.05, 4.69) is 25.2 Å². The number of carbonyl (C=O) groups excluding carboxylic acids is 2. The van der Waals surface area contributed by atoms with Crippen LogP contribution in [0.5, 0.6) is 11.5 Å². The van der Waals surface area contributed by atoms with Crippen molar-refractivity contribution < 1.29 is 24.2 Å². The minimum Gasteiger partial charge on any atom is -0.493 e. The van der Waals surface area contributed by atoms with Gasteiger partial charge in [-0.2, -0.15) is 0 Å². The highest BCUT2D eigenvalue weighted by atomic mass is 16.5. The van der Waals surface area contributed by atoms with Crippen molar-refractivity contribution in [1.29, 1.82) is 0 Å². The van der Waals surface area contributed by atoms with Crippen LogP contribution < -0.4 is 19.7 Å². The van der Waals surface area contributed by atoms with Crippen LogP contribution in [0.4, 0.5) is 17.3 Å². The van der Waals surface area contributed by atoms with E-state index < -0.39 is 12.0 Å². The largest absolute Gasteiger partial charge is 0.493 e. The van der Waals surface area contributed by atoms with Crippen molar-refractivity contribution in [2.75, 3.05) is 70.3 Å². The number of likely N-dealkylation sites (N-methyl/N-ethyl adjacent to an activating group) is 1. The standard InChI is InChI=1S/C25H31N7O5/c1-30-6-3-11-37-20-12-16(4-5-19(20)36-2)26-13-17-21-22(29-24(17)34)27-15-28-23(21)31-7-9-32(10-8-31)25(35)18(30)14-33/h4-5,12-13,15,17-18,33H,3,6-11,14H2,1-2H3,(H,27,28,29,34)/t17?,18-/m1/s1. The zero-order valence-corrected chi connectivity index (χ0v) is 21.0. The molecule has 2 N–H and O–H groups in total. The molecular weight excluding hydrogens is 478 g/mol. The first kappa shape index (κ1) is 24.9. The molecule has 0 saturated carbocycles. The highest BCUT2D eigenvalue weighted by molar-refractivity contribution is 6.13. The van der Waals surface area contributed by atoms with Gasteiger partial charge in [0.25, 0.3) is 0 Å². The van der Waals surface area contributed by atoms with Gasteiger partial charge in [0, 0.05) is 45.0 Å². The predicted molar refractivity (Wildman–Crippen MR) is 137 cm³/mol. The van der Waals surface area contributed by atoms with E-state index in [1.165, 1.54) is 6.33 Å². The van der Waals surface area contributed by atoms with Gasteiger partial charge in [-0.3, -0.25) is 19.5 Å². The summed E-state index contributed by atoms with van der Waals surface area (Å²) in [5.41, 5.74) is 1.29. The van der Waals surface area contributed by atoms with Crippen LogP contribution in [0.3, 0.4) is 0 Å². The molecule has 5 heterocycles. The number of methoxy groups -OCH3 is 1. The van der Waals surface area contributed by atoms with Gasteiger partial charge in [-0.1, -0.05) is 0 Å². The Kier molecular flexibility index (Phi) is 7.19. The van der Waals surface area contributed by atoms with Gasteiger partial charge in [0.1, 0.15) is 29.9 Å². The van der Waals surface area contributed by atoms with Gasteiger partial charge in [0.2, 0.25) is 11.8 Å². The fourth-order valence-electron chi connectivity index (χ4n) is 4.92. The topological polar surface area (TPSA) is 133 Å². The van der Waals surface area contributed by atoms with Crippen molar-refractivity contribution in [2.24, 2.45) is 4.99 Å². The van der Waals surface area contributed by atoms with E-state index in [0.717, 1.165) is 0 Å². The van der Waals surface area contributed by atoms with Gasteiger partial charge in [-0.15, -0.1) is 0 Å². The van der Waals surface area contributed by atoms with Gasteiger partial charge in [0.05, 0.1) is 31.6 Å². The molecule has 1 fully saturated rings. The van der Waals surface area contributed by atoms with Gasteiger partial charge < -0.3 is 29.7 Å². The Balaban J connectivity index is 1.51. The Morgan fingerprint density at radius 3 is 2.68 bits per heavy atom. The van der Waals surface area contributed by atoms with Crippen LogP contribution in [-0.2, 0) is 9.59 Å². The lowest BCUT2D eigenvalue weighted by Crippen LogP contribution is -2.55. The van der Waals surface area contributed by atoms with Crippen molar-refractivity contribution >= 4 is 35.4 Å². The molecule has 1 unspecified atom stereocenters. The number of aliphatic hydroxyl groups is 1. The van der Waals surface area contributed by atoms with Crippen molar-refractivity contribution in [3.8, 4) is 11.5 Å². The number of nitrogens with zero attached hydrogens (tertiary/aromatic N) is 6. The number of aromatic nitrogens is 2. The molecule has 1 aromatic carbocycles. The third-order valence-corrected chi connectivity index (χ3v) is 7.01. The summed E-state index contributed by atoms with van der Waals surface area (Å²) in [5, 5.41) is 12.8. The van der Waals surface area contributed by atoms with Gasteiger partial charge >= 0.3 is 0 Å². The van der Waals surface area contributed by atoms with E-state index in [0.29, 0.717) is 80.1 Å². The summed E-state index contributed by atoms with van der Waals surface area (Å²) in [4.78, 5) is 45.2. The number of rotatable bonds is 2. The van der Waals surface area contributed by atoms with Gasteiger partial charge in [-0.05, 0) is 25.6 Å². The Morgan fingerprint density at radius 1 is 1.14 bits per heavy atom. The third-order valence-electron chi connectivity index (χ3n) is 7.01. The monoisotopic (exact) mass is 509 g/mol. The van der Waals surface area contributed by atoms with E-state index in [9.17, 15) is 14.7 Å². The zero-order valence-electron chi connectivity index (χ0n) is 21.0. The van der Waals surface area contributed by atoms with Crippen LogP contribution in [0, 0.1) is 0 Å². The van der Waals surface area contributed by atoms with Crippen LogP contribution >= 0.6 is 0 Å². The first-order chi connectivity index (χ1) is 18.0. The summed E-state index contributed by atoms with van der Waals surface area (Å²) in [6.45, 7) is 2.75. The fourth-order valence-corrected chi connectivity index (χ4v) is 4.92. The molecule has 1 saturated heterocycles. The smallest absolute Gasteiger partial charge is 0.242 e. The number of nitrogens with one attached hydrogen (secondary N) is 1. The number of aliphatic hydroxyl groups excluding tert-OH is 1. The lowest BCUT2D eigenvalue weighted by atomic mass is 10.0. The molecule has 1 aromatic heterocycles. The van der Waals surface area contributed by atoms with Crippen LogP contribution in [0.15, 0.2) is 29.5 Å². The number of amides is 2. The predicted octanol–water partition coefficient (Wildman–Crippen LogP) is 0.647. The molecule has 6 rings (SSSR count). The van der Waals surface area contributed by atoms with Crippen molar-refractivity contribution in [3.05, 3.63) is 30.1 Å². The number of hydrogen-bond donors (Lipinski definition) is 2. The number of piperazine rings is 1. The second-order valence-corrected chi connectivity index (χ2v) is 9.23. The number of benzene rings is 1. The zero-order chi connectivity index (χ0) is 25.9. The Hall–Kier alpha value is -3.77. The molecule has 4 aliphatic heterocycles. The quantitative estimate of drug-likeness (QED) is 0.599. The molecule has 4 aliphatic rings. The van der Waals surface area contributed by atoms with Crippen molar-refractivity contribution in [3.63, 3.8) is 0 Å². The molecule has 196 valence electrons. The average Bonchev–Trinajstić information content (AvgIpc) is 3.24. The highest BCUT2D eigenvalue weighted by Crippen LogP contribution is 2.37. The summed E-state index contributed by atoms with van der Waals surface area (Å²) >= 11 is 0. The van der Waals surface area contributed by atoms with Gasteiger partial charge in [0.15, 0.2) is 11.5 Å². The van der Waals surface area contributed by atoms with E-state index in [1.54, 1.807) is 36.4 Å². The molecule has 0 spiro atoms. The second-order valence-electron chi connectivity index (χ2n) is 9.23. The van der Waals surface area contributed by atoms with Crippen LogP contribution in [0.25, 0.3) is 0 Å². The first-order valence-corrected chi connectivity index (χ1v) is 12.4. The Bertz CT molecular complexity index is 1200. The SMILES string of the molecule is COc1ccc2cc1OCCCN(C)[C@H](CO)C(=O)N1CCN(CC1)c1ncnc3c1C(C=N2)C(=O)N3. The minimum absolute atomic E-state index is 0.104. The van der Waals surface area contributed by atoms with Crippen LogP contribution in [0.1, 0.15) is 17.9 Å². The number of aliphatic imine (C=N–C) groups is 1. The molecule has 0 aliphatic carbocycles. The second kappa shape index (κ2) is 10.7. The van der Waals surface area contributed by atoms with E-state index >= 15 is 0 Å². The van der Waals surface area contributed by atoms with Crippen LogP contribution in [0.2, 0.25) is 0 Å². The summed E-state index contributed by atoms with van der Waals surface area (Å²) in [6.07, 6.45) is 3.68. The maximum atomic E-state index is 13.2. The molecule has 0 radical (unpaired) electrons. The third kappa shape index (κ3) is 4.94. The summed E-state index contributed by atoms with van der Waals surface area (Å²) in [5.74, 6) is 1.23. The normalized spacial score (nSPS) is 22.6. The average molecular weight is 510 g/mol. The lowest BCUT2D eigenvalue weighted by molar-refractivity contribution is -0.138. The molecule has 2 amide bonds. The maximum Gasteiger partial charge on any atom is 0.242 e. The number of carbonyl (C=O) groups is 2.